The summed E-state index contributed by atoms with van der Waals surface area (Å²) in [5, 5.41) is 3.48. The molecule has 2 rings (SSSR count). The molecule has 0 spiro atoms. The molecule has 0 atom stereocenters. The first kappa shape index (κ1) is 14.6. The summed E-state index contributed by atoms with van der Waals surface area (Å²) < 4.78 is 0. The second-order valence-corrected chi connectivity index (χ2v) is 5.32. The van der Waals surface area contributed by atoms with Crippen LogP contribution in [0.15, 0.2) is 48.5 Å². The van der Waals surface area contributed by atoms with E-state index in [1.54, 1.807) is 0 Å². The fraction of sp³-hybridized carbons (Fsp3) is 0.368. The van der Waals surface area contributed by atoms with Crippen LogP contribution in [0.3, 0.4) is 0 Å². The van der Waals surface area contributed by atoms with Crippen molar-refractivity contribution in [1.82, 2.24) is 0 Å². The second kappa shape index (κ2) is 7.74. The normalized spacial score (nSPS) is 10.5. The van der Waals surface area contributed by atoms with Crippen LogP contribution in [0, 0.1) is 0 Å². The van der Waals surface area contributed by atoms with Crippen molar-refractivity contribution in [3.8, 4) is 0 Å². The highest BCUT2D eigenvalue weighted by Gasteiger charge is 1.96. The smallest absolute Gasteiger partial charge is 0.0400 e. The predicted molar refractivity (Wildman–Crippen MR) is 88.2 cm³/mol. The molecule has 0 aliphatic rings. The Morgan fingerprint density at radius 3 is 1.95 bits per heavy atom. The minimum atomic E-state index is 0.887. The zero-order valence-electron chi connectivity index (χ0n) is 12.7. The Labute approximate surface area is 123 Å². The summed E-state index contributed by atoms with van der Waals surface area (Å²) in [6.07, 6.45) is 4.83. The summed E-state index contributed by atoms with van der Waals surface area (Å²) in [4.78, 5) is 0. The maximum atomic E-state index is 3.48. The fourth-order valence-electron chi connectivity index (χ4n) is 2.27. The highest BCUT2D eigenvalue weighted by atomic mass is 14.9. The lowest BCUT2D eigenvalue weighted by molar-refractivity contribution is 0.795. The largest absolute Gasteiger partial charge is 0.381 e. The first-order valence-corrected chi connectivity index (χ1v) is 7.72. The molecule has 0 fully saturated rings. The Kier molecular flexibility index (Phi) is 5.67. The molecule has 0 aliphatic heterocycles. The van der Waals surface area contributed by atoms with Gasteiger partial charge >= 0.3 is 0 Å². The molecule has 0 bridgehead atoms. The number of unbranched alkanes of at least 4 members (excludes halogenated alkanes) is 1. The molecule has 0 radical (unpaired) electrons. The van der Waals surface area contributed by atoms with Crippen molar-refractivity contribution < 1.29 is 0 Å². The Morgan fingerprint density at radius 1 is 0.750 bits per heavy atom. The third-order valence-corrected chi connectivity index (χ3v) is 3.70. The second-order valence-electron chi connectivity index (χ2n) is 5.32. The van der Waals surface area contributed by atoms with Gasteiger partial charge in [-0.15, -0.1) is 0 Å². The minimum absolute atomic E-state index is 0.887. The molecule has 2 aromatic carbocycles. The fourth-order valence-corrected chi connectivity index (χ4v) is 2.27. The van der Waals surface area contributed by atoms with E-state index in [2.05, 4.69) is 67.7 Å². The first-order valence-electron chi connectivity index (χ1n) is 7.72. The van der Waals surface area contributed by atoms with Gasteiger partial charge in [0.15, 0.2) is 0 Å². The van der Waals surface area contributed by atoms with Crippen molar-refractivity contribution in [1.29, 1.82) is 0 Å². The third kappa shape index (κ3) is 4.41. The molecule has 0 amide bonds. The standard InChI is InChI=1S/C19H25N/c1-3-5-6-17-11-13-19(14-12-17)20-15-18-9-7-16(4-2)8-10-18/h7-14,20H,3-6,15H2,1-2H3. The summed E-state index contributed by atoms with van der Waals surface area (Å²) in [6, 6.07) is 17.7. The maximum absolute atomic E-state index is 3.48. The van der Waals surface area contributed by atoms with Crippen LogP contribution in [0.5, 0.6) is 0 Å². The number of nitrogens with one attached hydrogen (secondary N) is 1. The van der Waals surface area contributed by atoms with E-state index >= 15 is 0 Å². The molecule has 0 saturated carbocycles. The summed E-state index contributed by atoms with van der Waals surface area (Å²) in [7, 11) is 0. The molecule has 2 aromatic rings. The molecule has 0 saturated heterocycles. The lowest BCUT2D eigenvalue weighted by Crippen LogP contribution is -1.99. The molecule has 1 N–H and O–H groups in total. The Hall–Kier alpha value is -1.76. The SMILES string of the molecule is CCCCc1ccc(NCc2ccc(CC)cc2)cc1. The maximum Gasteiger partial charge on any atom is 0.0400 e. The Balaban J connectivity index is 1.86. The average Bonchev–Trinajstić information content (AvgIpc) is 2.52. The molecule has 106 valence electrons. The predicted octanol–water partition coefficient (Wildman–Crippen LogP) is 5.20. The summed E-state index contributed by atoms with van der Waals surface area (Å²) in [5.41, 5.74) is 5.36. The van der Waals surface area contributed by atoms with Crippen molar-refractivity contribution in [3.05, 3.63) is 65.2 Å². The summed E-state index contributed by atoms with van der Waals surface area (Å²) in [5.74, 6) is 0. The van der Waals surface area contributed by atoms with E-state index in [-0.39, 0.29) is 0 Å². The zero-order chi connectivity index (χ0) is 14.2. The van der Waals surface area contributed by atoms with Gasteiger partial charge in [0.1, 0.15) is 0 Å². The van der Waals surface area contributed by atoms with Crippen molar-refractivity contribution in [2.45, 2.75) is 46.1 Å². The molecular formula is C19H25N. The number of aryl methyl sites for hydroxylation is 2. The number of rotatable bonds is 7. The number of anilines is 1. The molecular weight excluding hydrogens is 242 g/mol. The quantitative estimate of drug-likeness (QED) is 0.726. The van der Waals surface area contributed by atoms with E-state index in [4.69, 9.17) is 0 Å². The van der Waals surface area contributed by atoms with Crippen LogP contribution in [0.2, 0.25) is 0 Å². The molecule has 1 heteroatoms. The van der Waals surface area contributed by atoms with Crippen molar-refractivity contribution in [2.75, 3.05) is 5.32 Å². The molecule has 1 nitrogen and oxygen atoms in total. The van der Waals surface area contributed by atoms with Gasteiger partial charge in [0.25, 0.3) is 0 Å². The van der Waals surface area contributed by atoms with Crippen LogP contribution in [-0.4, -0.2) is 0 Å². The molecule has 0 aromatic heterocycles. The van der Waals surface area contributed by atoms with Gasteiger partial charge in [-0.05, 0) is 48.1 Å². The van der Waals surface area contributed by atoms with E-state index < -0.39 is 0 Å². The molecule has 20 heavy (non-hydrogen) atoms. The van der Waals surface area contributed by atoms with Gasteiger partial charge in [-0.1, -0.05) is 56.7 Å². The monoisotopic (exact) mass is 267 g/mol. The van der Waals surface area contributed by atoms with Crippen LogP contribution in [0.1, 0.15) is 43.4 Å². The van der Waals surface area contributed by atoms with E-state index in [1.165, 1.54) is 41.6 Å². The third-order valence-electron chi connectivity index (χ3n) is 3.70. The molecule has 0 heterocycles. The van der Waals surface area contributed by atoms with Gasteiger partial charge in [-0.25, -0.2) is 0 Å². The van der Waals surface area contributed by atoms with Gasteiger partial charge in [0, 0.05) is 12.2 Å². The minimum Gasteiger partial charge on any atom is -0.381 e. The topological polar surface area (TPSA) is 12.0 Å². The summed E-state index contributed by atoms with van der Waals surface area (Å²) >= 11 is 0. The number of benzene rings is 2. The van der Waals surface area contributed by atoms with Gasteiger partial charge in [-0.3, -0.25) is 0 Å². The lowest BCUT2D eigenvalue weighted by Gasteiger charge is -2.08. The lowest BCUT2D eigenvalue weighted by atomic mass is 10.1. The van der Waals surface area contributed by atoms with Gasteiger partial charge in [0.05, 0.1) is 0 Å². The van der Waals surface area contributed by atoms with Crippen LogP contribution in [-0.2, 0) is 19.4 Å². The van der Waals surface area contributed by atoms with Crippen LogP contribution < -0.4 is 5.32 Å². The van der Waals surface area contributed by atoms with Gasteiger partial charge < -0.3 is 5.32 Å². The number of hydrogen-bond acceptors (Lipinski definition) is 1. The van der Waals surface area contributed by atoms with Crippen molar-refractivity contribution >= 4 is 5.69 Å². The van der Waals surface area contributed by atoms with E-state index in [0.29, 0.717) is 0 Å². The van der Waals surface area contributed by atoms with Gasteiger partial charge in [0.2, 0.25) is 0 Å². The highest BCUT2D eigenvalue weighted by molar-refractivity contribution is 5.45. The van der Waals surface area contributed by atoms with Crippen LogP contribution in [0.25, 0.3) is 0 Å². The zero-order valence-corrected chi connectivity index (χ0v) is 12.7. The first-order chi connectivity index (χ1) is 9.81. The molecule has 0 aliphatic carbocycles. The van der Waals surface area contributed by atoms with E-state index in [9.17, 15) is 0 Å². The molecule has 0 unspecified atom stereocenters. The van der Waals surface area contributed by atoms with Crippen LogP contribution in [0.4, 0.5) is 5.69 Å². The number of hydrogen-bond donors (Lipinski definition) is 1. The van der Waals surface area contributed by atoms with E-state index in [0.717, 1.165) is 13.0 Å². The van der Waals surface area contributed by atoms with E-state index in [1.807, 2.05) is 0 Å². The van der Waals surface area contributed by atoms with Gasteiger partial charge in [-0.2, -0.15) is 0 Å². The van der Waals surface area contributed by atoms with Crippen molar-refractivity contribution in [2.24, 2.45) is 0 Å². The Morgan fingerprint density at radius 2 is 1.35 bits per heavy atom. The van der Waals surface area contributed by atoms with Crippen LogP contribution >= 0.6 is 0 Å². The summed E-state index contributed by atoms with van der Waals surface area (Å²) in [6.45, 7) is 5.31. The van der Waals surface area contributed by atoms with Crippen molar-refractivity contribution in [3.63, 3.8) is 0 Å². The highest BCUT2D eigenvalue weighted by Crippen LogP contribution is 2.13. The Bertz CT molecular complexity index is 496. The average molecular weight is 267 g/mol.